The monoisotopic (exact) mass is 288 g/mol. The Hall–Kier alpha value is -1.69. The van der Waals surface area contributed by atoms with Crippen molar-refractivity contribution < 1.29 is 4.79 Å². The van der Waals surface area contributed by atoms with Gasteiger partial charge in [-0.3, -0.25) is 4.79 Å². The van der Waals surface area contributed by atoms with E-state index < -0.39 is 0 Å². The highest BCUT2D eigenvalue weighted by molar-refractivity contribution is 7.19. The summed E-state index contributed by atoms with van der Waals surface area (Å²) in [6.07, 6.45) is 5.14. The van der Waals surface area contributed by atoms with Crippen molar-refractivity contribution in [1.82, 2.24) is 14.9 Å². The predicted molar refractivity (Wildman–Crippen MR) is 79.0 cm³/mol. The van der Waals surface area contributed by atoms with E-state index in [1.165, 1.54) is 22.2 Å². The lowest BCUT2D eigenvalue weighted by Gasteiger charge is -2.18. The zero-order valence-corrected chi connectivity index (χ0v) is 12.2. The van der Waals surface area contributed by atoms with Crippen LogP contribution in [-0.4, -0.2) is 40.5 Å². The highest BCUT2D eigenvalue weighted by Crippen LogP contribution is 2.40. The summed E-state index contributed by atoms with van der Waals surface area (Å²) in [5.74, 6) is 1.13. The number of carbonyl (C=O) groups is 1. The van der Waals surface area contributed by atoms with Crippen LogP contribution in [0, 0.1) is 0 Å². The quantitative estimate of drug-likeness (QED) is 0.845. The molecule has 2 aliphatic rings. The summed E-state index contributed by atoms with van der Waals surface area (Å²) in [5, 5.41) is 1.19. The van der Waals surface area contributed by atoms with Crippen molar-refractivity contribution in [3.63, 3.8) is 0 Å². The molecule has 0 unspecified atom stereocenters. The number of aromatic nitrogens is 2. The Labute approximate surface area is 121 Å². The van der Waals surface area contributed by atoms with Crippen molar-refractivity contribution in [2.45, 2.75) is 26.2 Å². The van der Waals surface area contributed by atoms with E-state index in [1.54, 1.807) is 17.7 Å². The molecule has 0 spiro atoms. The first-order valence-corrected chi connectivity index (χ1v) is 7.87. The fourth-order valence-corrected chi connectivity index (χ4v) is 4.39. The average molecular weight is 288 g/mol. The lowest BCUT2D eigenvalue weighted by molar-refractivity contribution is -0.126. The number of hydrogen-bond donors (Lipinski definition) is 0. The summed E-state index contributed by atoms with van der Waals surface area (Å²) in [6, 6.07) is 0. The van der Waals surface area contributed by atoms with Crippen molar-refractivity contribution in [2.24, 2.45) is 0 Å². The van der Waals surface area contributed by atoms with E-state index in [0.717, 1.165) is 30.0 Å². The van der Waals surface area contributed by atoms with Gasteiger partial charge in [0.05, 0.1) is 12.1 Å². The number of thiophene rings is 1. The van der Waals surface area contributed by atoms with Crippen molar-refractivity contribution in [3.05, 3.63) is 16.8 Å². The van der Waals surface area contributed by atoms with Gasteiger partial charge in [-0.1, -0.05) is 0 Å². The highest BCUT2D eigenvalue weighted by atomic mass is 32.1. The van der Waals surface area contributed by atoms with E-state index in [4.69, 9.17) is 0 Å². The van der Waals surface area contributed by atoms with Crippen LogP contribution in [-0.2, 0) is 17.6 Å². The van der Waals surface area contributed by atoms with Crippen LogP contribution >= 0.6 is 11.3 Å². The van der Waals surface area contributed by atoms with E-state index in [-0.39, 0.29) is 5.91 Å². The molecule has 1 aliphatic heterocycles. The van der Waals surface area contributed by atoms with Gasteiger partial charge in [-0.2, -0.15) is 0 Å². The third kappa shape index (κ3) is 1.64. The van der Waals surface area contributed by atoms with Crippen LogP contribution in [0.1, 0.15) is 23.8 Å². The minimum absolute atomic E-state index is 0.186. The number of anilines is 1. The van der Waals surface area contributed by atoms with Crippen LogP contribution in [0.4, 0.5) is 5.82 Å². The average Bonchev–Trinajstić information content (AvgIpc) is 3.11. The van der Waals surface area contributed by atoms with Gasteiger partial charge in [-0.25, -0.2) is 9.97 Å². The van der Waals surface area contributed by atoms with Crippen molar-refractivity contribution in [1.29, 1.82) is 0 Å². The molecule has 0 saturated carbocycles. The molecule has 104 valence electrons. The van der Waals surface area contributed by atoms with Crippen LogP contribution in [0.3, 0.4) is 0 Å². The number of amides is 1. The van der Waals surface area contributed by atoms with Gasteiger partial charge in [0.1, 0.15) is 23.5 Å². The van der Waals surface area contributed by atoms with Gasteiger partial charge < -0.3 is 9.80 Å². The summed E-state index contributed by atoms with van der Waals surface area (Å²) >= 11 is 1.79. The van der Waals surface area contributed by atoms with Crippen LogP contribution in [0.2, 0.25) is 0 Å². The van der Waals surface area contributed by atoms with E-state index in [0.29, 0.717) is 13.2 Å². The number of aryl methyl sites for hydroxylation is 2. The molecule has 0 radical (unpaired) electrons. The lowest BCUT2D eigenvalue weighted by Crippen LogP contribution is -2.27. The van der Waals surface area contributed by atoms with Crippen LogP contribution in [0.5, 0.6) is 0 Å². The fourth-order valence-electron chi connectivity index (χ4n) is 3.17. The minimum Gasteiger partial charge on any atom is -0.329 e. The molecule has 5 nitrogen and oxygen atoms in total. The molecule has 1 aliphatic carbocycles. The zero-order chi connectivity index (χ0) is 13.7. The molecule has 2 aromatic rings. The largest absolute Gasteiger partial charge is 0.329 e. The Morgan fingerprint density at radius 3 is 3.05 bits per heavy atom. The van der Waals surface area contributed by atoms with Gasteiger partial charge in [0.15, 0.2) is 0 Å². The molecule has 1 saturated heterocycles. The van der Waals surface area contributed by atoms with Gasteiger partial charge in [0.2, 0.25) is 5.91 Å². The molecule has 0 N–H and O–H groups in total. The third-order valence-corrected chi connectivity index (χ3v) is 5.38. The van der Waals surface area contributed by atoms with Gasteiger partial charge in [0, 0.05) is 11.4 Å². The molecule has 3 heterocycles. The molecule has 6 heteroatoms. The molecule has 20 heavy (non-hydrogen) atoms. The first-order valence-electron chi connectivity index (χ1n) is 7.06. The normalized spacial score (nSPS) is 18.4. The number of fused-ring (bicyclic) bond motifs is 3. The summed E-state index contributed by atoms with van der Waals surface area (Å²) < 4.78 is 0. The predicted octanol–water partition coefficient (Wildman–Crippen LogP) is 1.81. The SMILES string of the molecule is CCN1CN(c2ncnc3sc4c(c23)CCC4)CC1=O. The van der Waals surface area contributed by atoms with Gasteiger partial charge in [0.25, 0.3) is 0 Å². The Morgan fingerprint density at radius 1 is 1.35 bits per heavy atom. The van der Waals surface area contributed by atoms with Crippen LogP contribution < -0.4 is 4.90 Å². The number of likely N-dealkylation sites (N-methyl/N-ethyl adjacent to an activating group) is 1. The Balaban J connectivity index is 1.82. The maximum absolute atomic E-state index is 11.9. The molecule has 1 amide bonds. The molecular formula is C14H16N4OS. The second-order valence-electron chi connectivity index (χ2n) is 5.32. The molecule has 0 atom stereocenters. The minimum atomic E-state index is 0.186. The smallest absolute Gasteiger partial charge is 0.243 e. The second kappa shape index (κ2) is 4.41. The summed E-state index contributed by atoms with van der Waals surface area (Å²) in [5.41, 5.74) is 1.42. The Morgan fingerprint density at radius 2 is 2.25 bits per heavy atom. The second-order valence-corrected chi connectivity index (χ2v) is 6.41. The third-order valence-electron chi connectivity index (χ3n) is 4.18. The standard InChI is InChI=1S/C14H16N4OS/c1-2-17-8-18(6-11(17)19)13-12-9-4-3-5-10(9)20-14(12)16-7-15-13/h7H,2-6,8H2,1H3. The number of carbonyl (C=O) groups excluding carboxylic acids is 1. The lowest BCUT2D eigenvalue weighted by atomic mass is 10.2. The number of rotatable bonds is 2. The van der Waals surface area contributed by atoms with Crippen LogP contribution in [0.25, 0.3) is 10.2 Å². The Bertz CT molecular complexity index is 696. The van der Waals surface area contributed by atoms with Crippen molar-refractivity contribution >= 4 is 33.3 Å². The molecule has 2 aromatic heterocycles. The maximum atomic E-state index is 11.9. The molecule has 0 bridgehead atoms. The molecule has 4 rings (SSSR count). The highest BCUT2D eigenvalue weighted by Gasteiger charge is 2.30. The van der Waals surface area contributed by atoms with Gasteiger partial charge in [-0.05, 0) is 31.7 Å². The Kier molecular flexibility index (Phi) is 2.66. The molecular weight excluding hydrogens is 272 g/mol. The topological polar surface area (TPSA) is 49.3 Å². The molecule has 1 fully saturated rings. The summed E-state index contributed by atoms with van der Waals surface area (Å²) in [4.78, 5) is 27.3. The summed E-state index contributed by atoms with van der Waals surface area (Å²) in [6.45, 7) is 3.85. The van der Waals surface area contributed by atoms with Crippen molar-refractivity contribution in [2.75, 3.05) is 24.7 Å². The maximum Gasteiger partial charge on any atom is 0.243 e. The molecule has 0 aromatic carbocycles. The van der Waals surface area contributed by atoms with E-state index in [2.05, 4.69) is 14.9 Å². The van der Waals surface area contributed by atoms with Gasteiger partial charge >= 0.3 is 0 Å². The van der Waals surface area contributed by atoms with Crippen molar-refractivity contribution in [3.8, 4) is 0 Å². The number of hydrogen-bond acceptors (Lipinski definition) is 5. The first kappa shape index (κ1) is 12.1. The van der Waals surface area contributed by atoms with Crippen LogP contribution in [0.15, 0.2) is 6.33 Å². The fraction of sp³-hybridized carbons (Fsp3) is 0.500. The first-order chi connectivity index (χ1) is 9.78. The summed E-state index contributed by atoms with van der Waals surface area (Å²) in [7, 11) is 0. The zero-order valence-electron chi connectivity index (χ0n) is 11.4. The van der Waals surface area contributed by atoms with E-state index in [9.17, 15) is 4.79 Å². The van der Waals surface area contributed by atoms with Gasteiger partial charge in [-0.15, -0.1) is 11.3 Å². The number of nitrogens with zero attached hydrogens (tertiary/aromatic N) is 4. The van der Waals surface area contributed by atoms with E-state index >= 15 is 0 Å². The van der Waals surface area contributed by atoms with E-state index in [1.807, 2.05) is 11.8 Å².